The van der Waals surface area contributed by atoms with Crippen LogP contribution in [0.4, 0.5) is 16.0 Å². The van der Waals surface area contributed by atoms with Crippen LogP contribution in [0.2, 0.25) is 5.02 Å². The van der Waals surface area contributed by atoms with Gasteiger partial charge in [0.1, 0.15) is 11.9 Å². The summed E-state index contributed by atoms with van der Waals surface area (Å²) in [5.41, 5.74) is 2.18. The molecule has 2 unspecified atom stereocenters. The Morgan fingerprint density at radius 3 is 2.97 bits per heavy atom. The molecule has 8 nitrogen and oxygen atoms in total. The first-order valence-corrected chi connectivity index (χ1v) is 12.5. The van der Waals surface area contributed by atoms with E-state index in [4.69, 9.17) is 31.2 Å². The molecule has 182 valence electrons. The number of halogens is 2. The van der Waals surface area contributed by atoms with E-state index in [0.717, 1.165) is 18.8 Å². The summed E-state index contributed by atoms with van der Waals surface area (Å²) in [6.45, 7) is 3.15. The first-order chi connectivity index (χ1) is 17.0. The summed E-state index contributed by atoms with van der Waals surface area (Å²) in [6, 6.07) is 8.88. The molecule has 4 heterocycles. The first-order valence-electron chi connectivity index (χ1n) is 12.1. The number of ether oxygens (including phenoxy) is 2. The molecule has 3 fully saturated rings. The van der Waals surface area contributed by atoms with Gasteiger partial charge in [-0.1, -0.05) is 11.6 Å². The average Bonchev–Trinajstić information content (AvgIpc) is 3.44. The second-order valence-electron chi connectivity index (χ2n) is 10.1. The number of hydrogen-bond acceptors (Lipinski definition) is 7. The predicted octanol–water partition coefficient (Wildman–Crippen LogP) is 3.92. The van der Waals surface area contributed by atoms with Gasteiger partial charge < -0.3 is 19.7 Å². The van der Waals surface area contributed by atoms with E-state index in [0.29, 0.717) is 64.7 Å². The highest BCUT2D eigenvalue weighted by molar-refractivity contribution is 6.30. The van der Waals surface area contributed by atoms with Crippen LogP contribution < -0.4 is 15.0 Å². The molecule has 2 aliphatic heterocycles. The Bertz CT molecular complexity index is 1280. The van der Waals surface area contributed by atoms with Crippen molar-refractivity contribution in [2.24, 2.45) is 17.3 Å². The number of nitrogens with one attached hydrogen (secondary N) is 1. The van der Waals surface area contributed by atoms with Gasteiger partial charge in [-0.05, 0) is 54.0 Å². The number of fused-ring (bicyclic) bond motifs is 1. The van der Waals surface area contributed by atoms with Crippen molar-refractivity contribution in [3.63, 3.8) is 0 Å². The molecule has 35 heavy (non-hydrogen) atoms. The van der Waals surface area contributed by atoms with Gasteiger partial charge in [-0.25, -0.2) is 14.1 Å². The fraction of sp³-hybridized carbons (Fsp3) is 0.480. The van der Waals surface area contributed by atoms with Gasteiger partial charge in [-0.2, -0.15) is 4.98 Å². The van der Waals surface area contributed by atoms with Crippen LogP contribution in [0, 0.1) is 23.1 Å². The van der Waals surface area contributed by atoms with Crippen molar-refractivity contribution in [1.82, 2.24) is 19.7 Å². The van der Waals surface area contributed by atoms with Gasteiger partial charge in [0, 0.05) is 48.0 Å². The van der Waals surface area contributed by atoms with Crippen LogP contribution >= 0.6 is 11.6 Å². The summed E-state index contributed by atoms with van der Waals surface area (Å²) in [6.07, 6.45) is 3.81. The molecular weight excluding hydrogens is 471 g/mol. The number of hydrogen-bond donors (Lipinski definition) is 1. The Morgan fingerprint density at radius 1 is 1.26 bits per heavy atom. The van der Waals surface area contributed by atoms with Crippen molar-refractivity contribution in [3.8, 4) is 5.88 Å². The minimum atomic E-state index is -0.493. The summed E-state index contributed by atoms with van der Waals surface area (Å²) >= 11 is 6.09. The summed E-state index contributed by atoms with van der Waals surface area (Å²) in [4.78, 5) is 11.5. The fourth-order valence-corrected chi connectivity index (χ4v) is 7.03. The van der Waals surface area contributed by atoms with Crippen LogP contribution in [-0.2, 0) is 11.3 Å². The average molecular weight is 497 g/mol. The molecule has 1 saturated heterocycles. The maximum absolute atomic E-state index is 14.0. The van der Waals surface area contributed by atoms with E-state index < -0.39 is 6.10 Å². The van der Waals surface area contributed by atoms with Crippen LogP contribution in [0.5, 0.6) is 5.88 Å². The van der Waals surface area contributed by atoms with Crippen LogP contribution in [0.25, 0.3) is 0 Å². The lowest BCUT2D eigenvalue weighted by molar-refractivity contribution is -0.117. The molecule has 7 rings (SSSR count). The molecule has 1 spiro atoms. The van der Waals surface area contributed by atoms with E-state index >= 15 is 0 Å². The minimum Gasteiger partial charge on any atom is -0.481 e. The predicted molar refractivity (Wildman–Crippen MR) is 128 cm³/mol. The standard InChI is InChI=1S/C25H26ClFN6O2/c1-34-20-11-17(3-5-28-20)32-12-19-21(18-2-4-25(18,19)13-32)29-24-30-23-22(35-7-6-33(23)31-24)14-8-15(26)10-16(27)9-14/h3,5,8-11,18-19,21-22H,2,4,6-7,12-13H2,1H3,(H,29,31)/t18?,19-,21+,22-,25?/m0/s1. The Kier molecular flexibility index (Phi) is 4.76. The second kappa shape index (κ2) is 7.80. The van der Waals surface area contributed by atoms with E-state index in [9.17, 15) is 4.39 Å². The van der Waals surface area contributed by atoms with Crippen molar-refractivity contribution in [3.05, 3.63) is 58.8 Å². The largest absolute Gasteiger partial charge is 0.481 e. The number of anilines is 2. The van der Waals surface area contributed by atoms with E-state index in [2.05, 4.69) is 21.3 Å². The fourth-order valence-electron chi connectivity index (χ4n) is 6.80. The SMILES string of the molecule is COc1cc(N2C[C@H]3[C@H](Nc4nc5n(n4)CCO[C@H]5c4cc(F)cc(Cl)c4)C4CCC43C2)ccn1. The Morgan fingerprint density at radius 2 is 2.17 bits per heavy atom. The summed E-state index contributed by atoms with van der Waals surface area (Å²) in [5, 5.41) is 8.74. The molecule has 2 aromatic heterocycles. The van der Waals surface area contributed by atoms with Gasteiger partial charge in [0.2, 0.25) is 11.8 Å². The topological polar surface area (TPSA) is 77.3 Å². The van der Waals surface area contributed by atoms with Crippen LogP contribution in [0.15, 0.2) is 36.5 Å². The number of aromatic nitrogens is 4. The number of rotatable bonds is 5. The summed E-state index contributed by atoms with van der Waals surface area (Å²) in [5.74, 6) is 2.71. The number of methoxy groups -OCH3 is 1. The number of nitrogens with zero attached hydrogens (tertiary/aromatic N) is 5. The maximum Gasteiger partial charge on any atom is 0.242 e. The van der Waals surface area contributed by atoms with Crippen LogP contribution in [0.3, 0.4) is 0 Å². The van der Waals surface area contributed by atoms with Gasteiger partial charge >= 0.3 is 0 Å². The minimum absolute atomic E-state index is 0.338. The lowest BCUT2D eigenvalue weighted by atomic mass is 9.41. The Balaban J connectivity index is 1.12. The highest BCUT2D eigenvalue weighted by Crippen LogP contribution is 2.68. The summed E-state index contributed by atoms with van der Waals surface area (Å²) < 4.78 is 27.1. The Hall–Kier alpha value is -2.91. The van der Waals surface area contributed by atoms with Gasteiger partial charge in [0.05, 0.1) is 20.3 Å². The normalized spacial score (nSPS) is 30.5. The zero-order valence-corrected chi connectivity index (χ0v) is 20.1. The zero-order chi connectivity index (χ0) is 23.7. The third kappa shape index (κ3) is 3.24. The van der Waals surface area contributed by atoms with Crippen molar-refractivity contribution < 1.29 is 13.9 Å². The smallest absolute Gasteiger partial charge is 0.242 e. The molecule has 0 bridgehead atoms. The van der Waals surface area contributed by atoms with E-state index in [-0.39, 0.29) is 5.82 Å². The molecule has 10 heteroatoms. The molecule has 3 aromatic rings. The van der Waals surface area contributed by atoms with Crippen molar-refractivity contribution >= 4 is 23.2 Å². The first kappa shape index (κ1) is 21.4. The molecule has 0 radical (unpaired) electrons. The van der Waals surface area contributed by atoms with Crippen LogP contribution in [0.1, 0.15) is 30.3 Å². The van der Waals surface area contributed by atoms with E-state index in [1.54, 1.807) is 13.2 Å². The highest BCUT2D eigenvalue weighted by atomic mass is 35.5. The lowest BCUT2D eigenvalue weighted by Crippen LogP contribution is -2.68. The zero-order valence-electron chi connectivity index (χ0n) is 19.3. The van der Waals surface area contributed by atoms with Crippen LogP contribution in [-0.4, -0.2) is 52.6 Å². The van der Waals surface area contributed by atoms with Gasteiger partial charge in [0.15, 0.2) is 5.82 Å². The Labute approximate surface area is 207 Å². The monoisotopic (exact) mass is 496 g/mol. The number of benzene rings is 1. The third-order valence-electron chi connectivity index (χ3n) is 8.47. The summed E-state index contributed by atoms with van der Waals surface area (Å²) in [7, 11) is 1.65. The maximum atomic E-state index is 14.0. The third-order valence-corrected chi connectivity index (χ3v) is 8.68. The van der Waals surface area contributed by atoms with Crippen molar-refractivity contribution in [2.45, 2.75) is 31.5 Å². The lowest BCUT2D eigenvalue weighted by Gasteiger charge is -2.65. The van der Waals surface area contributed by atoms with Gasteiger partial charge in [-0.3, -0.25) is 0 Å². The van der Waals surface area contributed by atoms with Gasteiger partial charge in [0.25, 0.3) is 0 Å². The van der Waals surface area contributed by atoms with Crippen molar-refractivity contribution in [1.29, 1.82) is 0 Å². The van der Waals surface area contributed by atoms with E-state index in [1.165, 1.54) is 25.0 Å². The van der Waals surface area contributed by atoms with E-state index in [1.807, 2.05) is 16.9 Å². The molecule has 1 aromatic carbocycles. The molecule has 0 amide bonds. The highest BCUT2D eigenvalue weighted by Gasteiger charge is 2.70. The van der Waals surface area contributed by atoms with Crippen molar-refractivity contribution in [2.75, 3.05) is 37.0 Å². The second-order valence-corrected chi connectivity index (χ2v) is 10.5. The molecule has 2 saturated carbocycles. The molecule has 5 atom stereocenters. The molecule has 4 aliphatic rings. The molecular formula is C25H26ClFN6O2. The quantitative estimate of drug-likeness (QED) is 0.573. The van der Waals surface area contributed by atoms with Gasteiger partial charge in [-0.15, -0.1) is 5.10 Å². The number of pyridine rings is 1. The molecule has 1 N–H and O–H groups in total. The molecule has 2 aliphatic carbocycles.